The van der Waals surface area contributed by atoms with Gasteiger partial charge in [0.15, 0.2) is 0 Å². The molecule has 0 fully saturated rings. The van der Waals surface area contributed by atoms with E-state index in [1.807, 2.05) is 64.1 Å². The molecule has 1 heterocycles. The van der Waals surface area contributed by atoms with Gasteiger partial charge in [-0.25, -0.2) is 0 Å². The van der Waals surface area contributed by atoms with Crippen molar-refractivity contribution in [1.82, 2.24) is 15.6 Å². The van der Waals surface area contributed by atoms with Gasteiger partial charge in [0, 0.05) is 11.8 Å². The van der Waals surface area contributed by atoms with Crippen LogP contribution in [-0.2, 0) is 4.79 Å². The van der Waals surface area contributed by atoms with E-state index >= 15 is 0 Å². The number of rotatable bonds is 6. The van der Waals surface area contributed by atoms with Crippen LogP contribution < -0.4 is 10.6 Å². The predicted molar refractivity (Wildman–Crippen MR) is 98.1 cm³/mol. The van der Waals surface area contributed by atoms with E-state index in [1.165, 1.54) is 0 Å². The third-order valence-electron chi connectivity index (χ3n) is 4.12. The molecule has 2 amide bonds. The van der Waals surface area contributed by atoms with Gasteiger partial charge in [-0.15, -0.1) is 0 Å². The second-order valence-corrected chi connectivity index (χ2v) is 6.49. The molecule has 2 aromatic rings. The van der Waals surface area contributed by atoms with Gasteiger partial charge < -0.3 is 10.6 Å². The zero-order chi connectivity index (χ0) is 18.4. The maximum atomic E-state index is 12.7. The van der Waals surface area contributed by atoms with E-state index in [9.17, 15) is 9.59 Å². The Labute approximate surface area is 148 Å². The van der Waals surface area contributed by atoms with Crippen LogP contribution in [0.4, 0.5) is 0 Å². The number of amides is 2. The van der Waals surface area contributed by atoms with Crippen LogP contribution in [0.15, 0.2) is 48.7 Å². The topological polar surface area (TPSA) is 71.1 Å². The van der Waals surface area contributed by atoms with E-state index in [-0.39, 0.29) is 23.8 Å². The van der Waals surface area contributed by atoms with Crippen molar-refractivity contribution in [2.75, 3.05) is 0 Å². The molecule has 2 N–H and O–H groups in total. The van der Waals surface area contributed by atoms with E-state index in [2.05, 4.69) is 15.6 Å². The normalized spacial score (nSPS) is 13.2. The highest BCUT2D eigenvalue weighted by Crippen LogP contribution is 2.12. The molecule has 5 heteroatoms. The van der Waals surface area contributed by atoms with Gasteiger partial charge in [-0.05, 0) is 43.5 Å². The smallest absolute Gasteiger partial charge is 0.252 e. The summed E-state index contributed by atoms with van der Waals surface area (Å²) in [6.07, 6.45) is 1.69. The highest BCUT2D eigenvalue weighted by Gasteiger charge is 2.26. The Hall–Kier alpha value is -2.69. The Morgan fingerprint density at radius 1 is 0.960 bits per heavy atom. The molecule has 2 unspecified atom stereocenters. The van der Waals surface area contributed by atoms with Gasteiger partial charge in [-0.1, -0.05) is 38.1 Å². The summed E-state index contributed by atoms with van der Waals surface area (Å²) in [7, 11) is 0. The molecule has 0 spiro atoms. The molecule has 0 saturated heterocycles. The third-order valence-corrected chi connectivity index (χ3v) is 4.12. The number of nitrogens with zero attached hydrogens (tertiary/aromatic N) is 1. The monoisotopic (exact) mass is 339 g/mol. The number of aromatic nitrogens is 1. The molecule has 0 saturated carbocycles. The number of hydrogen-bond donors (Lipinski definition) is 2. The standard InChI is InChI=1S/C20H25N3O2/c1-13(2)18(23-19(24)16-10-6-5-9-14(16)3)20(25)22-15(4)17-11-7-8-12-21-17/h5-13,15,18H,1-4H3,(H,22,25)(H,23,24). The van der Waals surface area contributed by atoms with Crippen molar-refractivity contribution >= 4 is 11.8 Å². The number of hydrogen-bond acceptors (Lipinski definition) is 3. The van der Waals surface area contributed by atoms with Crippen molar-refractivity contribution in [3.63, 3.8) is 0 Å². The zero-order valence-corrected chi connectivity index (χ0v) is 15.1. The first-order chi connectivity index (χ1) is 11.9. The van der Waals surface area contributed by atoms with Gasteiger partial charge in [0.25, 0.3) is 5.91 Å². The van der Waals surface area contributed by atoms with Gasteiger partial charge in [-0.2, -0.15) is 0 Å². The summed E-state index contributed by atoms with van der Waals surface area (Å²) in [5.74, 6) is -0.489. The van der Waals surface area contributed by atoms with Gasteiger partial charge in [0.1, 0.15) is 6.04 Å². The Kier molecular flexibility index (Phi) is 6.28. The number of carbonyl (C=O) groups is 2. The lowest BCUT2D eigenvalue weighted by molar-refractivity contribution is -0.124. The Balaban J connectivity index is 2.08. The van der Waals surface area contributed by atoms with Crippen molar-refractivity contribution in [1.29, 1.82) is 0 Å². The van der Waals surface area contributed by atoms with Gasteiger partial charge >= 0.3 is 0 Å². The molecular formula is C20H25N3O2. The van der Waals surface area contributed by atoms with Crippen molar-refractivity contribution in [3.8, 4) is 0 Å². The van der Waals surface area contributed by atoms with E-state index in [0.717, 1.165) is 11.3 Å². The minimum Gasteiger partial charge on any atom is -0.346 e. The summed E-state index contributed by atoms with van der Waals surface area (Å²) < 4.78 is 0. The minimum atomic E-state index is -0.613. The highest BCUT2D eigenvalue weighted by atomic mass is 16.2. The molecule has 2 atom stereocenters. The average Bonchev–Trinajstić information content (AvgIpc) is 2.60. The van der Waals surface area contributed by atoms with Crippen LogP contribution in [0.2, 0.25) is 0 Å². The van der Waals surface area contributed by atoms with Crippen molar-refractivity contribution in [2.45, 2.75) is 39.8 Å². The fourth-order valence-corrected chi connectivity index (χ4v) is 2.59. The van der Waals surface area contributed by atoms with E-state index < -0.39 is 6.04 Å². The summed E-state index contributed by atoms with van der Waals surface area (Å²) >= 11 is 0. The molecule has 0 aliphatic heterocycles. The van der Waals surface area contributed by atoms with Crippen molar-refractivity contribution in [3.05, 3.63) is 65.5 Å². The summed E-state index contributed by atoms with van der Waals surface area (Å²) in [6, 6.07) is 12.1. The fraction of sp³-hybridized carbons (Fsp3) is 0.350. The maximum absolute atomic E-state index is 12.7. The molecule has 5 nitrogen and oxygen atoms in total. The molecule has 0 aliphatic rings. The minimum absolute atomic E-state index is 0.0381. The largest absolute Gasteiger partial charge is 0.346 e. The second-order valence-electron chi connectivity index (χ2n) is 6.49. The van der Waals surface area contributed by atoms with Crippen LogP contribution in [0.25, 0.3) is 0 Å². The van der Waals surface area contributed by atoms with Crippen LogP contribution in [-0.4, -0.2) is 22.8 Å². The Morgan fingerprint density at radius 2 is 1.64 bits per heavy atom. The van der Waals surface area contributed by atoms with Crippen LogP contribution >= 0.6 is 0 Å². The number of pyridine rings is 1. The van der Waals surface area contributed by atoms with E-state index in [4.69, 9.17) is 0 Å². The number of carbonyl (C=O) groups excluding carboxylic acids is 2. The molecule has 0 radical (unpaired) electrons. The lowest BCUT2D eigenvalue weighted by Crippen LogP contribution is -2.50. The third kappa shape index (κ3) is 4.89. The molecule has 2 rings (SSSR count). The fourth-order valence-electron chi connectivity index (χ4n) is 2.59. The second kappa shape index (κ2) is 8.42. The van der Waals surface area contributed by atoms with E-state index in [1.54, 1.807) is 12.3 Å². The summed E-state index contributed by atoms with van der Waals surface area (Å²) in [6.45, 7) is 7.57. The first-order valence-electron chi connectivity index (χ1n) is 8.48. The number of aryl methyl sites for hydroxylation is 1. The first-order valence-corrected chi connectivity index (χ1v) is 8.48. The van der Waals surface area contributed by atoms with Crippen molar-refractivity contribution < 1.29 is 9.59 Å². The molecule has 1 aromatic carbocycles. The van der Waals surface area contributed by atoms with Crippen LogP contribution in [0.5, 0.6) is 0 Å². The van der Waals surface area contributed by atoms with Crippen LogP contribution in [0.3, 0.4) is 0 Å². The zero-order valence-electron chi connectivity index (χ0n) is 15.1. The number of benzene rings is 1. The summed E-state index contributed by atoms with van der Waals surface area (Å²) in [4.78, 5) is 29.5. The lowest BCUT2D eigenvalue weighted by Gasteiger charge is -2.24. The molecule has 132 valence electrons. The Bertz CT molecular complexity index is 729. The van der Waals surface area contributed by atoms with Gasteiger partial charge in [0.2, 0.25) is 5.91 Å². The molecule has 0 bridgehead atoms. The summed E-state index contributed by atoms with van der Waals surface area (Å²) in [5, 5.41) is 5.79. The SMILES string of the molecule is Cc1ccccc1C(=O)NC(C(=O)NC(C)c1ccccn1)C(C)C. The maximum Gasteiger partial charge on any atom is 0.252 e. The predicted octanol–water partition coefficient (Wildman–Crippen LogP) is 3.02. The molecule has 0 aliphatic carbocycles. The van der Waals surface area contributed by atoms with Gasteiger partial charge in [-0.3, -0.25) is 14.6 Å². The average molecular weight is 339 g/mol. The highest BCUT2D eigenvalue weighted by molar-refractivity contribution is 5.98. The molecular weight excluding hydrogens is 314 g/mol. The van der Waals surface area contributed by atoms with Crippen LogP contribution in [0.1, 0.15) is 48.4 Å². The number of nitrogens with one attached hydrogen (secondary N) is 2. The molecule has 25 heavy (non-hydrogen) atoms. The van der Waals surface area contributed by atoms with Crippen molar-refractivity contribution in [2.24, 2.45) is 5.92 Å². The lowest BCUT2D eigenvalue weighted by atomic mass is 10.0. The van der Waals surface area contributed by atoms with Crippen LogP contribution in [0, 0.1) is 12.8 Å². The summed E-state index contributed by atoms with van der Waals surface area (Å²) in [5.41, 5.74) is 2.24. The van der Waals surface area contributed by atoms with E-state index in [0.29, 0.717) is 5.56 Å². The van der Waals surface area contributed by atoms with Gasteiger partial charge in [0.05, 0.1) is 11.7 Å². The Morgan fingerprint density at radius 3 is 2.24 bits per heavy atom. The molecule has 1 aromatic heterocycles. The first kappa shape index (κ1) is 18.6. The quantitative estimate of drug-likeness (QED) is 0.850.